The summed E-state index contributed by atoms with van der Waals surface area (Å²) in [7, 11) is 1.36. The Hall–Kier alpha value is -4.40. The summed E-state index contributed by atoms with van der Waals surface area (Å²) < 4.78 is 30.0. The Kier molecular flexibility index (Phi) is 6.68. The Labute approximate surface area is 201 Å². The maximum atomic E-state index is 13.9. The Morgan fingerprint density at radius 3 is 2.49 bits per heavy atom. The van der Waals surface area contributed by atoms with Crippen LogP contribution in [0.2, 0.25) is 0 Å². The largest absolute Gasteiger partial charge is 0.494 e. The van der Waals surface area contributed by atoms with Crippen LogP contribution in [-0.4, -0.2) is 23.9 Å². The molecule has 0 saturated carbocycles. The fourth-order valence-electron chi connectivity index (χ4n) is 3.57. The second-order valence-corrected chi connectivity index (χ2v) is 7.92. The smallest absolute Gasteiger partial charge is 0.259 e. The van der Waals surface area contributed by atoms with Gasteiger partial charge >= 0.3 is 0 Å². The Morgan fingerprint density at radius 2 is 1.80 bits per heavy atom. The molecule has 9 heteroatoms. The van der Waals surface area contributed by atoms with Gasteiger partial charge < -0.3 is 24.2 Å². The van der Waals surface area contributed by atoms with E-state index in [0.29, 0.717) is 45.7 Å². The first kappa shape index (κ1) is 23.7. The lowest BCUT2D eigenvalue weighted by Crippen LogP contribution is -2.23. The SMILES string of the molecule is COc1ccc(C(=O)NCc2nc(-c3cccc(NC(=O)c4cc(C)oc4C)c3)oc2C)cc1F. The molecule has 0 radical (unpaired) electrons. The molecule has 180 valence electrons. The van der Waals surface area contributed by atoms with E-state index in [1.807, 2.05) is 0 Å². The number of furan rings is 1. The first-order valence-corrected chi connectivity index (χ1v) is 10.8. The molecule has 2 aromatic carbocycles. The van der Waals surface area contributed by atoms with Gasteiger partial charge in [-0.3, -0.25) is 9.59 Å². The van der Waals surface area contributed by atoms with Gasteiger partial charge in [-0.1, -0.05) is 6.07 Å². The number of methoxy groups -OCH3 is 1. The molecule has 8 nitrogen and oxygen atoms in total. The van der Waals surface area contributed by atoms with Gasteiger partial charge in [0.05, 0.1) is 19.2 Å². The van der Waals surface area contributed by atoms with Crippen molar-refractivity contribution < 1.29 is 27.6 Å². The lowest BCUT2D eigenvalue weighted by Gasteiger charge is -2.06. The number of ether oxygens (including phenoxy) is 1. The number of anilines is 1. The third-order valence-electron chi connectivity index (χ3n) is 5.38. The first-order valence-electron chi connectivity index (χ1n) is 10.8. The van der Waals surface area contributed by atoms with Gasteiger partial charge in [0, 0.05) is 16.8 Å². The first-order chi connectivity index (χ1) is 16.7. The van der Waals surface area contributed by atoms with Gasteiger partial charge in [-0.25, -0.2) is 9.37 Å². The zero-order valence-electron chi connectivity index (χ0n) is 19.7. The van der Waals surface area contributed by atoms with Crippen molar-refractivity contribution in [1.29, 1.82) is 0 Å². The average molecular weight is 477 g/mol. The quantitative estimate of drug-likeness (QED) is 0.379. The standard InChI is InChI=1S/C26H24FN3O5/c1-14-10-20(15(2)34-14)25(32)29-19-7-5-6-18(11-19)26-30-22(16(3)35-26)13-28-24(31)17-8-9-23(33-4)21(27)12-17/h5-12H,13H2,1-4H3,(H,28,31)(H,29,32). The average Bonchev–Trinajstić information content (AvgIpc) is 3.38. The van der Waals surface area contributed by atoms with Crippen LogP contribution < -0.4 is 15.4 Å². The molecule has 35 heavy (non-hydrogen) atoms. The number of rotatable bonds is 7. The number of oxazole rings is 1. The van der Waals surface area contributed by atoms with Crippen LogP contribution in [0.25, 0.3) is 11.5 Å². The van der Waals surface area contributed by atoms with Gasteiger partial charge in [-0.2, -0.15) is 0 Å². The van der Waals surface area contributed by atoms with E-state index in [4.69, 9.17) is 13.6 Å². The molecule has 2 amide bonds. The minimum Gasteiger partial charge on any atom is -0.494 e. The Morgan fingerprint density at radius 1 is 1.00 bits per heavy atom. The van der Waals surface area contributed by atoms with Crippen molar-refractivity contribution in [2.24, 2.45) is 0 Å². The van der Waals surface area contributed by atoms with Crippen molar-refractivity contribution >= 4 is 17.5 Å². The summed E-state index contributed by atoms with van der Waals surface area (Å²) in [6, 6.07) is 12.8. The van der Waals surface area contributed by atoms with E-state index in [1.54, 1.807) is 51.1 Å². The highest BCUT2D eigenvalue weighted by molar-refractivity contribution is 6.05. The molecule has 0 bridgehead atoms. The number of benzene rings is 2. The van der Waals surface area contributed by atoms with Gasteiger partial charge in [0.1, 0.15) is 23.0 Å². The molecule has 2 aromatic heterocycles. The van der Waals surface area contributed by atoms with Crippen LogP contribution in [0.5, 0.6) is 5.75 Å². The molecule has 0 fully saturated rings. The number of nitrogens with zero attached hydrogens (tertiary/aromatic N) is 1. The number of hydrogen-bond acceptors (Lipinski definition) is 6. The molecular formula is C26H24FN3O5. The summed E-state index contributed by atoms with van der Waals surface area (Å²) >= 11 is 0. The molecule has 0 atom stereocenters. The van der Waals surface area contributed by atoms with Crippen LogP contribution in [0, 0.1) is 26.6 Å². The summed E-state index contributed by atoms with van der Waals surface area (Å²) in [5.74, 6) is 0.784. The minimum absolute atomic E-state index is 0.0620. The number of nitrogens with one attached hydrogen (secondary N) is 2. The molecule has 2 heterocycles. The minimum atomic E-state index is -0.620. The summed E-state index contributed by atoms with van der Waals surface area (Å²) in [5, 5.41) is 5.56. The molecule has 4 rings (SSSR count). The molecule has 0 unspecified atom stereocenters. The van der Waals surface area contributed by atoms with Crippen molar-refractivity contribution in [3.8, 4) is 17.2 Å². The molecule has 0 saturated heterocycles. The maximum absolute atomic E-state index is 13.9. The van der Waals surface area contributed by atoms with E-state index in [1.165, 1.54) is 19.2 Å². The lowest BCUT2D eigenvalue weighted by molar-refractivity contribution is 0.0949. The third kappa shape index (κ3) is 5.24. The Bertz CT molecular complexity index is 1410. The topological polar surface area (TPSA) is 107 Å². The lowest BCUT2D eigenvalue weighted by atomic mass is 10.2. The summed E-state index contributed by atoms with van der Waals surface area (Å²) in [6.07, 6.45) is 0. The van der Waals surface area contributed by atoms with Gasteiger partial charge in [-0.15, -0.1) is 0 Å². The predicted molar refractivity (Wildman–Crippen MR) is 127 cm³/mol. The van der Waals surface area contributed by atoms with Crippen molar-refractivity contribution in [2.45, 2.75) is 27.3 Å². The van der Waals surface area contributed by atoms with Gasteiger partial charge in [0.2, 0.25) is 5.89 Å². The number of hydrogen-bond donors (Lipinski definition) is 2. The fraction of sp³-hybridized carbons (Fsp3) is 0.192. The number of carbonyl (C=O) groups is 2. The van der Waals surface area contributed by atoms with E-state index in [2.05, 4.69) is 15.6 Å². The second kappa shape index (κ2) is 9.84. The van der Waals surface area contributed by atoms with Crippen LogP contribution in [0.15, 0.2) is 57.4 Å². The highest BCUT2D eigenvalue weighted by Gasteiger charge is 2.17. The van der Waals surface area contributed by atoms with Crippen molar-refractivity contribution in [2.75, 3.05) is 12.4 Å². The number of carbonyl (C=O) groups excluding carboxylic acids is 2. The van der Waals surface area contributed by atoms with E-state index in [0.717, 1.165) is 6.07 Å². The highest BCUT2D eigenvalue weighted by Crippen LogP contribution is 2.25. The van der Waals surface area contributed by atoms with E-state index < -0.39 is 11.7 Å². The number of halogens is 1. The second-order valence-electron chi connectivity index (χ2n) is 7.92. The summed E-state index contributed by atoms with van der Waals surface area (Å²) in [6.45, 7) is 5.35. The molecular weight excluding hydrogens is 453 g/mol. The fourth-order valence-corrected chi connectivity index (χ4v) is 3.57. The summed E-state index contributed by atoms with van der Waals surface area (Å²) in [4.78, 5) is 29.5. The van der Waals surface area contributed by atoms with Crippen molar-refractivity contribution in [3.63, 3.8) is 0 Å². The summed E-state index contributed by atoms with van der Waals surface area (Å²) in [5.41, 5.74) is 2.38. The van der Waals surface area contributed by atoms with Gasteiger partial charge in [-0.05, 0) is 63.2 Å². The number of amides is 2. The van der Waals surface area contributed by atoms with Crippen LogP contribution >= 0.6 is 0 Å². The zero-order valence-corrected chi connectivity index (χ0v) is 19.7. The maximum Gasteiger partial charge on any atom is 0.259 e. The van der Waals surface area contributed by atoms with Crippen molar-refractivity contribution in [3.05, 3.63) is 88.4 Å². The molecule has 0 spiro atoms. The van der Waals surface area contributed by atoms with E-state index >= 15 is 0 Å². The molecule has 4 aromatic rings. The van der Waals surface area contributed by atoms with Gasteiger partial charge in [0.15, 0.2) is 11.6 Å². The third-order valence-corrected chi connectivity index (χ3v) is 5.38. The van der Waals surface area contributed by atoms with Crippen LogP contribution in [0.4, 0.5) is 10.1 Å². The highest BCUT2D eigenvalue weighted by atomic mass is 19.1. The molecule has 0 aliphatic rings. The number of aromatic nitrogens is 1. The predicted octanol–water partition coefficient (Wildman–Crippen LogP) is 5.19. The van der Waals surface area contributed by atoms with Crippen molar-refractivity contribution in [1.82, 2.24) is 10.3 Å². The monoisotopic (exact) mass is 477 g/mol. The Balaban J connectivity index is 1.45. The molecule has 0 aliphatic carbocycles. The molecule has 2 N–H and O–H groups in total. The van der Waals surface area contributed by atoms with E-state index in [9.17, 15) is 14.0 Å². The number of aryl methyl sites for hydroxylation is 3. The van der Waals surface area contributed by atoms with Crippen LogP contribution in [0.1, 0.15) is 43.7 Å². The van der Waals surface area contributed by atoms with E-state index in [-0.39, 0.29) is 23.8 Å². The normalized spacial score (nSPS) is 10.8. The van der Waals surface area contributed by atoms with Crippen LogP contribution in [-0.2, 0) is 6.54 Å². The van der Waals surface area contributed by atoms with Crippen LogP contribution in [0.3, 0.4) is 0 Å². The van der Waals surface area contributed by atoms with Gasteiger partial charge in [0.25, 0.3) is 11.8 Å². The zero-order chi connectivity index (χ0) is 25.1. The molecule has 0 aliphatic heterocycles.